The Bertz CT molecular complexity index is 315. The van der Waals surface area contributed by atoms with Crippen molar-refractivity contribution in [1.29, 1.82) is 0 Å². The summed E-state index contributed by atoms with van der Waals surface area (Å²) in [5, 5.41) is 3.26. The lowest BCUT2D eigenvalue weighted by atomic mass is 10.2. The van der Waals surface area contributed by atoms with Crippen molar-refractivity contribution in [3.8, 4) is 0 Å². The van der Waals surface area contributed by atoms with E-state index in [1.807, 2.05) is 6.92 Å². The van der Waals surface area contributed by atoms with Crippen molar-refractivity contribution < 1.29 is 4.74 Å². The Morgan fingerprint density at radius 3 is 3.27 bits per heavy atom. The quantitative estimate of drug-likeness (QED) is 0.822. The molecule has 4 nitrogen and oxygen atoms in total. The van der Waals surface area contributed by atoms with Gasteiger partial charge in [0.2, 0.25) is 0 Å². The molecular weight excluding hydrogens is 210 g/mol. The minimum atomic E-state index is 0.193. The standard InChI is InChI=1S/C10H17N3OS/c1-8-12-9(7-15-8)5-13-2-3-14-10(4-11)6-13/h7,10H,2-6,11H2,1H3. The first-order valence-electron chi connectivity index (χ1n) is 5.23. The van der Waals surface area contributed by atoms with Crippen LogP contribution in [0.25, 0.3) is 0 Å². The van der Waals surface area contributed by atoms with E-state index < -0.39 is 0 Å². The van der Waals surface area contributed by atoms with Gasteiger partial charge in [0.05, 0.1) is 23.4 Å². The maximum atomic E-state index is 5.60. The van der Waals surface area contributed by atoms with Gasteiger partial charge in [-0.3, -0.25) is 4.90 Å². The molecule has 1 saturated heterocycles. The van der Waals surface area contributed by atoms with Crippen LogP contribution in [0.4, 0.5) is 0 Å². The van der Waals surface area contributed by atoms with Crippen molar-refractivity contribution in [3.63, 3.8) is 0 Å². The number of hydrogen-bond acceptors (Lipinski definition) is 5. The molecule has 2 rings (SSSR count). The van der Waals surface area contributed by atoms with Crippen molar-refractivity contribution in [2.75, 3.05) is 26.2 Å². The molecular formula is C10H17N3OS. The molecule has 0 aromatic carbocycles. The summed E-state index contributed by atoms with van der Waals surface area (Å²) in [6, 6.07) is 0. The van der Waals surface area contributed by atoms with Crippen LogP contribution in [-0.2, 0) is 11.3 Å². The van der Waals surface area contributed by atoms with E-state index in [-0.39, 0.29) is 6.10 Å². The molecule has 2 N–H and O–H groups in total. The van der Waals surface area contributed by atoms with Crippen LogP contribution in [-0.4, -0.2) is 42.2 Å². The Hall–Kier alpha value is -0.490. The van der Waals surface area contributed by atoms with Crippen LogP contribution in [0.3, 0.4) is 0 Å². The number of hydrogen-bond donors (Lipinski definition) is 1. The van der Waals surface area contributed by atoms with E-state index in [2.05, 4.69) is 15.3 Å². The van der Waals surface area contributed by atoms with Crippen molar-refractivity contribution in [1.82, 2.24) is 9.88 Å². The Balaban J connectivity index is 1.88. The number of ether oxygens (including phenoxy) is 1. The van der Waals surface area contributed by atoms with E-state index in [0.717, 1.165) is 36.9 Å². The molecule has 84 valence electrons. The zero-order valence-electron chi connectivity index (χ0n) is 8.98. The third kappa shape index (κ3) is 2.98. The molecule has 1 aromatic heterocycles. The Morgan fingerprint density at radius 2 is 2.60 bits per heavy atom. The first-order valence-corrected chi connectivity index (χ1v) is 6.11. The predicted molar refractivity (Wildman–Crippen MR) is 60.9 cm³/mol. The van der Waals surface area contributed by atoms with Crippen LogP contribution in [0, 0.1) is 6.92 Å². The zero-order valence-corrected chi connectivity index (χ0v) is 9.80. The van der Waals surface area contributed by atoms with E-state index in [9.17, 15) is 0 Å². The molecule has 5 heteroatoms. The third-order valence-electron chi connectivity index (χ3n) is 2.54. The van der Waals surface area contributed by atoms with Gasteiger partial charge < -0.3 is 10.5 Å². The summed E-state index contributed by atoms with van der Waals surface area (Å²) < 4.78 is 5.52. The molecule has 1 fully saturated rings. The second kappa shape index (κ2) is 5.03. The first kappa shape index (κ1) is 11.0. The molecule has 0 bridgehead atoms. The minimum absolute atomic E-state index is 0.193. The molecule has 15 heavy (non-hydrogen) atoms. The van der Waals surface area contributed by atoms with Gasteiger partial charge in [-0.2, -0.15) is 0 Å². The molecule has 0 radical (unpaired) electrons. The highest BCUT2D eigenvalue weighted by molar-refractivity contribution is 7.09. The minimum Gasteiger partial charge on any atom is -0.374 e. The topological polar surface area (TPSA) is 51.4 Å². The second-order valence-electron chi connectivity index (χ2n) is 3.82. The van der Waals surface area contributed by atoms with Gasteiger partial charge in [0.15, 0.2) is 0 Å². The number of morpholine rings is 1. The van der Waals surface area contributed by atoms with Gasteiger partial charge in [-0.25, -0.2) is 4.98 Å². The fourth-order valence-electron chi connectivity index (χ4n) is 1.78. The Kier molecular flexibility index (Phi) is 3.69. The van der Waals surface area contributed by atoms with Crippen LogP contribution in [0.2, 0.25) is 0 Å². The molecule has 0 amide bonds. The summed E-state index contributed by atoms with van der Waals surface area (Å²) in [6.45, 7) is 6.25. The molecule has 1 aliphatic rings. The van der Waals surface area contributed by atoms with E-state index >= 15 is 0 Å². The van der Waals surface area contributed by atoms with E-state index in [1.54, 1.807) is 11.3 Å². The van der Waals surface area contributed by atoms with Gasteiger partial charge in [-0.15, -0.1) is 11.3 Å². The van der Waals surface area contributed by atoms with Crippen LogP contribution < -0.4 is 5.73 Å². The summed E-state index contributed by atoms with van der Waals surface area (Å²) in [4.78, 5) is 6.82. The maximum Gasteiger partial charge on any atom is 0.0897 e. The third-order valence-corrected chi connectivity index (χ3v) is 3.36. The summed E-state index contributed by atoms with van der Waals surface area (Å²) >= 11 is 1.71. The lowest BCUT2D eigenvalue weighted by molar-refractivity contribution is -0.0263. The van der Waals surface area contributed by atoms with Gasteiger partial charge in [0, 0.05) is 31.6 Å². The highest BCUT2D eigenvalue weighted by atomic mass is 32.1. The smallest absolute Gasteiger partial charge is 0.0897 e. The number of nitrogens with two attached hydrogens (primary N) is 1. The maximum absolute atomic E-state index is 5.60. The highest BCUT2D eigenvalue weighted by Crippen LogP contribution is 2.12. The molecule has 2 heterocycles. The summed E-state index contributed by atoms with van der Waals surface area (Å²) in [6.07, 6.45) is 0.193. The Labute approximate surface area is 94.1 Å². The van der Waals surface area contributed by atoms with Crippen LogP contribution in [0.15, 0.2) is 5.38 Å². The monoisotopic (exact) mass is 227 g/mol. The van der Waals surface area contributed by atoms with Crippen molar-refractivity contribution in [2.24, 2.45) is 5.73 Å². The summed E-state index contributed by atoms with van der Waals surface area (Å²) in [5.41, 5.74) is 6.76. The number of thiazole rings is 1. The number of rotatable bonds is 3. The molecule has 0 saturated carbocycles. The molecule has 1 aliphatic heterocycles. The van der Waals surface area contributed by atoms with Gasteiger partial charge >= 0.3 is 0 Å². The highest BCUT2D eigenvalue weighted by Gasteiger charge is 2.19. The molecule has 1 aromatic rings. The van der Waals surface area contributed by atoms with Gasteiger partial charge in [0.25, 0.3) is 0 Å². The van der Waals surface area contributed by atoms with Gasteiger partial charge in [0.1, 0.15) is 0 Å². The Morgan fingerprint density at radius 1 is 1.73 bits per heavy atom. The largest absolute Gasteiger partial charge is 0.374 e. The van der Waals surface area contributed by atoms with Crippen LogP contribution in [0.5, 0.6) is 0 Å². The lowest BCUT2D eigenvalue weighted by Gasteiger charge is -2.31. The van der Waals surface area contributed by atoms with Crippen LogP contribution >= 0.6 is 11.3 Å². The first-order chi connectivity index (χ1) is 7.28. The number of aromatic nitrogens is 1. The van der Waals surface area contributed by atoms with E-state index in [4.69, 9.17) is 10.5 Å². The molecule has 0 spiro atoms. The van der Waals surface area contributed by atoms with Gasteiger partial charge in [-0.05, 0) is 6.92 Å². The van der Waals surface area contributed by atoms with E-state index in [1.165, 1.54) is 0 Å². The molecule has 1 unspecified atom stereocenters. The second-order valence-corrected chi connectivity index (χ2v) is 4.88. The SMILES string of the molecule is Cc1nc(CN2CCOC(CN)C2)cs1. The molecule has 0 aliphatic carbocycles. The van der Waals surface area contributed by atoms with Crippen molar-refractivity contribution >= 4 is 11.3 Å². The van der Waals surface area contributed by atoms with E-state index in [0.29, 0.717) is 6.54 Å². The average Bonchev–Trinajstić information content (AvgIpc) is 2.64. The summed E-state index contributed by atoms with van der Waals surface area (Å²) in [5.74, 6) is 0. The fourth-order valence-corrected chi connectivity index (χ4v) is 2.38. The molecule has 1 atom stereocenters. The van der Waals surface area contributed by atoms with Crippen LogP contribution in [0.1, 0.15) is 10.7 Å². The predicted octanol–water partition coefficient (Wildman–Crippen LogP) is 0.611. The summed E-state index contributed by atoms with van der Waals surface area (Å²) in [7, 11) is 0. The normalized spacial score (nSPS) is 23.2. The zero-order chi connectivity index (χ0) is 10.7. The average molecular weight is 227 g/mol. The van der Waals surface area contributed by atoms with Crippen molar-refractivity contribution in [3.05, 3.63) is 16.1 Å². The fraction of sp³-hybridized carbons (Fsp3) is 0.700. The van der Waals surface area contributed by atoms with Gasteiger partial charge in [-0.1, -0.05) is 0 Å². The lowest BCUT2D eigenvalue weighted by Crippen LogP contribution is -2.45. The number of nitrogens with zero attached hydrogens (tertiary/aromatic N) is 2. The number of aryl methyl sites for hydroxylation is 1. The van der Waals surface area contributed by atoms with Crippen molar-refractivity contribution in [2.45, 2.75) is 19.6 Å².